The number of anilines is 1. The standard InChI is InChI=1S/C60H71N9O10S5/c1-9-58(5)28-42(77-43(71)31-80-38-26-36-16-17-37(27-38)68(36)8)59(6)32(3)18-22-60(23-19-40(70)48(59)60)33(4)49(58)79-55(75)47(35-14-12-11-13-15-35)78-54(74)46-41(83-57-62-39(29-82-57)34-20-24-67(7)25-21-34)30-81-53-45(52(73)69(46)53)63-51(72)44(65-76-10-2)50-64-56(61)84-66-50/h9,11-15,20-21,24-25,29,32-33,36-38,42,45,47-49,53H,1,10,16-19,22-23,26-28,30-31H2,2-8H3,(H2-,61,63,64,66,72)/p+1/b65-44+/t32?,33-,36?,37?,38?,42+,45-,47?,48?,49-,53-,58+,59-,60?/m1/s1. The van der Waals surface area contributed by atoms with Crippen molar-refractivity contribution in [2.75, 3.05) is 30.9 Å². The van der Waals surface area contributed by atoms with E-state index in [2.05, 4.69) is 59.1 Å². The highest BCUT2D eigenvalue weighted by Gasteiger charge is 2.69. The highest BCUT2D eigenvalue weighted by molar-refractivity contribution is 8.07. The Morgan fingerprint density at radius 1 is 1.02 bits per heavy atom. The molecule has 6 unspecified atom stereocenters. The molecule has 4 bridgehead atoms. The van der Waals surface area contributed by atoms with E-state index in [1.165, 1.54) is 52.6 Å². The largest absolute Gasteiger partial charge is 0.461 e. The van der Waals surface area contributed by atoms with Gasteiger partial charge in [0, 0.05) is 97.3 Å². The van der Waals surface area contributed by atoms with Crippen LogP contribution in [0.5, 0.6) is 0 Å². The fourth-order valence-corrected chi connectivity index (χ4v) is 19.6. The first-order valence-electron chi connectivity index (χ1n) is 28.8. The summed E-state index contributed by atoms with van der Waals surface area (Å²) in [5, 5.41) is 8.28. The molecule has 3 aliphatic carbocycles. The quantitative estimate of drug-likeness (QED) is 0.0181. The van der Waals surface area contributed by atoms with E-state index in [1.807, 2.05) is 48.4 Å². The molecule has 4 aromatic rings. The lowest BCUT2D eigenvalue weighted by Gasteiger charge is -2.62. The summed E-state index contributed by atoms with van der Waals surface area (Å²) in [6.45, 7) is 14.6. The van der Waals surface area contributed by atoms with Gasteiger partial charge in [-0.15, -0.1) is 41.4 Å². The summed E-state index contributed by atoms with van der Waals surface area (Å²) in [6, 6.07) is 12.4. The van der Waals surface area contributed by atoms with Crippen molar-refractivity contribution in [3.8, 4) is 11.3 Å². The van der Waals surface area contributed by atoms with E-state index >= 15 is 9.59 Å². The summed E-state index contributed by atoms with van der Waals surface area (Å²) in [4.78, 5) is 107. The second kappa shape index (κ2) is 24.2. The van der Waals surface area contributed by atoms with Gasteiger partial charge in [0.15, 0.2) is 21.9 Å². The SMILES string of the molecule is C=C[C@@]1(C)C[C@H](OC(=O)CSC2CC3CCC(C2)N3C)[C@@]2(C)C(C)CCC3(CCC(=O)C32)[C@H](C)[C@H]1OC(=O)C(OC(=O)C1=C(Sc2nc(-c3cc[n+](C)cc3)cs2)CS[C@@H]2[C@H](NC(=O)/C(=N/OCC)c3nsc(N)n3)C(=O)N12)c1ccccc1. The van der Waals surface area contributed by atoms with Crippen LogP contribution in [0.15, 0.2) is 93.0 Å². The van der Waals surface area contributed by atoms with E-state index in [4.69, 9.17) is 29.8 Å². The monoisotopic (exact) mass is 1240 g/mol. The summed E-state index contributed by atoms with van der Waals surface area (Å²) in [7, 11) is 4.13. The number of ether oxygens (including phenoxy) is 3. The normalized spacial score (nSPS) is 32.3. The van der Waals surface area contributed by atoms with Crippen molar-refractivity contribution < 1.29 is 52.4 Å². The number of oxime groups is 1. The number of aryl methyl sites for hydroxylation is 1. The van der Waals surface area contributed by atoms with Gasteiger partial charge in [0.1, 0.15) is 48.8 Å². The molecule has 24 heteroatoms. The molecule has 1 aromatic carbocycles. The number of thioether (sulfide) groups is 3. The summed E-state index contributed by atoms with van der Waals surface area (Å²) in [5.41, 5.74) is 5.02. The van der Waals surface area contributed by atoms with Crippen molar-refractivity contribution in [1.82, 2.24) is 29.5 Å². The number of nitrogens with two attached hydrogens (primary N) is 1. The molecule has 3 N–H and O–H groups in total. The van der Waals surface area contributed by atoms with Gasteiger partial charge >= 0.3 is 17.9 Å². The first-order valence-corrected chi connectivity index (χ1v) is 33.4. The molecule has 446 valence electrons. The van der Waals surface area contributed by atoms with E-state index in [9.17, 15) is 19.2 Å². The number of amides is 2. The molecule has 2 amide bonds. The molecule has 7 aliphatic rings. The molecule has 13 atom stereocenters. The van der Waals surface area contributed by atoms with Gasteiger partial charge in [-0.1, -0.05) is 81.0 Å². The van der Waals surface area contributed by atoms with Gasteiger partial charge in [-0.25, -0.2) is 19.1 Å². The number of pyridine rings is 1. The number of fused-ring (bicyclic) bond motifs is 3. The smallest absolute Gasteiger partial charge is 0.357 e. The molecule has 6 fully saturated rings. The first-order chi connectivity index (χ1) is 40.3. The van der Waals surface area contributed by atoms with Crippen LogP contribution in [0, 0.1) is 34.0 Å². The van der Waals surface area contributed by atoms with Gasteiger partial charge in [-0.2, -0.15) is 9.36 Å². The first kappa shape index (κ1) is 60.0. The Morgan fingerprint density at radius 3 is 2.45 bits per heavy atom. The number of hydrogen-bond acceptors (Lipinski definition) is 21. The number of nitrogens with one attached hydrogen (secondary N) is 1. The number of rotatable bonds is 18. The average molecular weight is 1240 g/mol. The molecule has 3 aromatic heterocycles. The molecule has 19 nitrogen and oxygen atoms in total. The average Bonchev–Trinajstić information content (AvgIpc) is 1.38. The number of aromatic nitrogens is 4. The van der Waals surface area contributed by atoms with Crippen molar-refractivity contribution in [3.63, 3.8) is 0 Å². The number of esters is 3. The molecule has 3 saturated heterocycles. The van der Waals surface area contributed by atoms with Crippen LogP contribution in [0.2, 0.25) is 0 Å². The molecule has 4 aliphatic heterocycles. The highest BCUT2D eigenvalue weighted by Crippen LogP contribution is 2.68. The third-order valence-electron chi connectivity index (χ3n) is 19.3. The van der Waals surface area contributed by atoms with Crippen molar-refractivity contribution in [1.29, 1.82) is 0 Å². The minimum absolute atomic E-state index is 0.0345. The zero-order valence-corrected chi connectivity index (χ0v) is 52.3. The molecule has 7 heterocycles. The molecule has 11 rings (SSSR count). The number of hydrogen-bond donors (Lipinski definition) is 2. The van der Waals surface area contributed by atoms with Crippen molar-refractivity contribution >= 4 is 105 Å². The highest BCUT2D eigenvalue weighted by atomic mass is 32.2. The van der Waals surface area contributed by atoms with Gasteiger partial charge < -0.3 is 35.0 Å². The van der Waals surface area contributed by atoms with Crippen molar-refractivity contribution in [2.24, 2.45) is 46.2 Å². The van der Waals surface area contributed by atoms with Crippen LogP contribution < -0.4 is 15.6 Å². The van der Waals surface area contributed by atoms with Crippen molar-refractivity contribution in [3.05, 3.63) is 94.9 Å². The number of benzene rings is 1. The van der Waals surface area contributed by atoms with Gasteiger partial charge in [-0.05, 0) is 76.7 Å². The Hall–Kier alpha value is -5.66. The molecule has 0 spiro atoms. The molecular weight excluding hydrogens is 1170 g/mol. The lowest BCUT2D eigenvalue weighted by molar-refractivity contribution is -0.671. The third-order valence-corrected chi connectivity index (χ3v) is 24.6. The fraction of sp³-hybridized carbons (Fsp3) is 0.550. The number of thiazole rings is 1. The van der Waals surface area contributed by atoms with Crippen LogP contribution in [-0.2, 0) is 54.9 Å². The van der Waals surface area contributed by atoms with Gasteiger partial charge in [0.2, 0.25) is 17.6 Å². The second-order valence-corrected chi connectivity index (χ2v) is 29.3. The fourth-order valence-electron chi connectivity index (χ4n) is 14.5. The lowest BCUT2D eigenvalue weighted by Crippen LogP contribution is -2.71. The van der Waals surface area contributed by atoms with Crippen LogP contribution in [0.25, 0.3) is 11.3 Å². The zero-order chi connectivity index (χ0) is 59.4. The third kappa shape index (κ3) is 11.1. The maximum Gasteiger partial charge on any atom is 0.357 e. The summed E-state index contributed by atoms with van der Waals surface area (Å²) in [6.07, 6.45) is 9.40. The van der Waals surface area contributed by atoms with Crippen LogP contribution in [0.4, 0.5) is 5.13 Å². The molecular formula is C60H72N9O10S5+. The lowest BCUT2D eigenvalue weighted by atomic mass is 9.44. The van der Waals surface area contributed by atoms with Crippen LogP contribution >= 0.6 is 58.2 Å². The number of ketones is 1. The number of piperidine rings is 1. The molecule has 84 heavy (non-hydrogen) atoms. The van der Waals surface area contributed by atoms with E-state index < -0.39 is 81.6 Å². The second-order valence-electron chi connectivity index (χ2n) is 23.9. The van der Waals surface area contributed by atoms with Gasteiger partial charge in [0.05, 0.1) is 11.4 Å². The molecule has 0 radical (unpaired) electrons. The Balaban J connectivity index is 0.901. The predicted molar refractivity (Wildman–Crippen MR) is 323 cm³/mol. The molecule has 3 saturated carbocycles. The van der Waals surface area contributed by atoms with E-state index in [0.29, 0.717) is 51.4 Å². The summed E-state index contributed by atoms with van der Waals surface area (Å²) >= 11 is 6.45. The van der Waals surface area contributed by atoms with Crippen molar-refractivity contribution in [2.45, 2.75) is 144 Å². The Bertz CT molecular complexity index is 3270. The minimum Gasteiger partial charge on any atom is -0.461 e. The Labute approximate surface area is 510 Å². The zero-order valence-electron chi connectivity index (χ0n) is 48.2. The van der Waals surface area contributed by atoms with Crippen LogP contribution in [0.1, 0.15) is 110 Å². The van der Waals surface area contributed by atoms with E-state index in [0.717, 1.165) is 42.1 Å². The topological polar surface area (TPSA) is 239 Å². The van der Waals surface area contributed by atoms with E-state index in [1.54, 1.807) is 55.1 Å². The van der Waals surface area contributed by atoms with Crippen LogP contribution in [-0.4, -0.2) is 131 Å². The predicted octanol–water partition coefficient (Wildman–Crippen LogP) is 8.31. The van der Waals surface area contributed by atoms with Gasteiger partial charge in [0.25, 0.3) is 11.8 Å². The Kier molecular flexibility index (Phi) is 17.3. The number of Topliss-reactive ketones (excluding diaryl/α,β-unsaturated/α-hetero) is 1. The van der Waals surface area contributed by atoms with E-state index in [-0.39, 0.29) is 64.6 Å². The number of carbonyl (C=O) groups is 6. The number of nitrogens with zero attached hydrogens (tertiary/aromatic N) is 7. The van der Waals surface area contributed by atoms with Gasteiger partial charge in [-0.3, -0.25) is 24.1 Å². The number of carbonyl (C=O) groups excluding carboxylic acids is 6. The van der Waals surface area contributed by atoms with Crippen LogP contribution in [0.3, 0.4) is 0 Å². The summed E-state index contributed by atoms with van der Waals surface area (Å²) < 4.78 is 26.8. The number of nitrogen functional groups attached to an aromatic ring is 1. The maximum absolute atomic E-state index is 15.6. The Morgan fingerprint density at radius 2 is 1.76 bits per heavy atom. The minimum atomic E-state index is -1.65. The summed E-state index contributed by atoms with van der Waals surface area (Å²) in [5.74, 6) is -3.98. The number of β-lactam (4-membered cyclic amide) rings is 1. The maximum atomic E-state index is 15.6.